The summed E-state index contributed by atoms with van der Waals surface area (Å²) in [6.45, 7) is 0. The highest BCUT2D eigenvalue weighted by molar-refractivity contribution is 6.28. The van der Waals surface area contributed by atoms with Gasteiger partial charge in [0.05, 0.1) is 6.33 Å². The normalized spacial score (nSPS) is 11.1. The molecule has 0 saturated heterocycles. The Bertz CT molecular complexity index is 943. The van der Waals surface area contributed by atoms with Crippen molar-refractivity contribution in [1.29, 1.82) is 0 Å². The largest absolute Gasteiger partial charge is 0.340 e. The zero-order valence-electron chi connectivity index (χ0n) is 10.7. The lowest BCUT2D eigenvalue weighted by Gasteiger charge is -2.09. The van der Waals surface area contributed by atoms with E-state index in [2.05, 4.69) is 30.2 Å². The minimum atomic E-state index is 0.152. The number of aromatic amines is 1. The van der Waals surface area contributed by atoms with Crippen LogP contribution in [0.15, 0.2) is 43.0 Å². The van der Waals surface area contributed by atoms with Gasteiger partial charge in [-0.3, -0.25) is 4.98 Å². The number of benzene rings is 1. The van der Waals surface area contributed by atoms with E-state index in [0.29, 0.717) is 17.0 Å². The summed E-state index contributed by atoms with van der Waals surface area (Å²) in [7, 11) is 0. The maximum atomic E-state index is 5.94. The van der Waals surface area contributed by atoms with E-state index in [1.54, 1.807) is 12.5 Å². The van der Waals surface area contributed by atoms with E-state index in [1.807, 2.05) is 30.5 Å². The van der Waals surface area contributed by atoms with E-state index >= 15 is 0 Å². The molecular formula is C14H9ClN6. The van der Waals surface area contributed by atoms with Gasteiger partial charge in [0.2, 0.25) is 5.28 Å². The first-order chi connectivity index (χ1) is 10.3. The van der Waals surface area contributed by atoms with Gasteiger partial charge in [0.1, 0.15) is 5.52 Å². The minimum Gasteiger partial charge on any atom is -0.340 e. The van der Waals surface area contributed by atoms with Crippen molar-refractivity contribution in [2.75, 3.05) is 5.32 Å². The van der Waals surface area contributed by atoms with Crippen molar-refractivity contribution in [1.82, 2.24) is 24.9 Å². The SMILES string of the molecule is Clc1nc(Nc2cccc3cnccc23)c2[nH]cnc2n1. The lowest BCUT2D eigenvalue weighted by molar-refractivity contribution is 1.20. The number of pyridine rings is 1. The van der Waals surface area contributed by atoms with Gasteiger partial charge in [0.25, 0.3) is 0 Å². The fraction of sp³-hybridized carbons (Fsp3) is 0. The van der Waals surface area contributed by atoms with Crippen LogP contribution in [-0.4, -0.2) is 24.9 Å². The molecule has 1 aromatic carbocycles. The molecule has 0 atom stereocenters. The summed E-state index contributed by atoms with van der Waals surface area (Å²) in [6, 6.07) is 7.89. The van der Waals surface area contributed by atoms with Gasteiger partial charge < -0.3 is 10.3 Å². The number of nitrogens with one attached hydrogen (secondary N) is 2. The molecule has 7 heteroatoms. The molecule has 0 aliphatic rings. The molecule has 0 fully saturated rings. The summed E-state index contributed by atoms with van der Waals surface area (Å²) in [5, 5.41) is 5.53. The van der Waals surface area contributed by atoms with Crippen molar-refractivity contribution in [2.24, 2.45) is 0 Å². The molecule has 0 aliphatic heterocycles. The predicted molar refractivity (Wildman–Crippen MR) is 81.7 cm³/mol. The van der Waals surface area contributed by atoms with Crippen molar-refractivity contribution in [2.45, 2.75) is 0 Å². The van der Waals surface area contributed by atoms with Gasteiger partial charge in [0.15, 0.2) is 11.5 Å². The zero-order chi connectivity index (χ0) is 14.2. The second-order valence-electron chi connectivity index (χ2n) is 4.47. The first-order valence-electron chi connectivity index (χ1n) is 6.27. The first-order valence-corrected chi connectivity index (χ1v) is 6.65. The van der Waals surface area contributed by atoms with E-state index in [1.165, 1.54) is 0 Å². The Morgan fingerprint density at radius 3 is 3.05 bits per heavy atom. The molecule has 0 saturated carbocycles. The number of imidazole rings is 1. The summed E-state index contributed by atoms with van der Waals surface area (Å²) < 4.78 is 0. The number of fused-ring (bicyclic) bond motifs is 2. The molecule has 6 nitrogen and oxygen atoms in total. The molecule has 0 amide bonds. The van der Waals surface area contributed by atoms with Gasteiger partial charge in [-0.05, 0) is 23.7 Å². The van der Waals surface area contributed by atoms with Gasteiger partial charge >= 0.3 is 0 Å². The van der Waals surface area contributed by atoms with E-state index < -0.39 is 0 Å². The third kappa shape index (κ3) is 2.05. The number of H-pyrrole nitrogens is 1. The maximum Gasteiger partial charge on any atom is 0.226 e. The van der Waals surface area contributed by atoms with Gasteiger partial charge in [-0.1, -0.05) is 12.1 Å². The Balaban J connectivity index is 1.89. The summed E-state index contributed by atoms with van der Waals surface area (Å²) >= 11 is 5.94. The van der Waals surface area contributed by atoms with Crippen LogP contribution in [0.25, 0.3) is 21.9 Å². The number of hydrogen-bond donors (Lipinski definition) is 2. The average Bonchev–Trinajstić information content (AvgIpc) is 2.96. The molecule has 3 heterocycles. The summed E-state index contributed by atoms with van der Waals surface area (Å²) in [6.07, 6.45) is 5.14. The molecule has 21 heavy (non-hydrogen) atoms. The minimum absolute atomic E-state index is 0.152. The van der Waals surface area contributed by atoms with Crippen LogP contribution in [0.3, 0.4) is 0 Å². The standard InChI is InChI=1S/C14H9ClN6/c15-14-20-12-11(17-7-18-12)13(21-14)19-10-3-1-2-8-6-16-5-4-9(8)10/h1-7H,(H2,17,18,19,20,21). The Morgan fingerprint density at radius 1 is 1.14 bits per heavy atom. The zero-order valence-corrected chi connectivity index (χ0v) is 11.5. The lowest BCUT2D eigenvalue weighted by Crippen LogP contribution is -1.98. The fourth-order valence-electron chi connectivity index (χ4n) is 2.26. The van der Waals surface area contributed by atoms with Gasteiger partial charge in [-0.2, -0.15) is 9.97 Å². The highest BCUT2D eigenvalue weighted by Gasteiger charge is 2.10. The molecule has 0 unspecified atom stereocenters. The Kier molecular flexibility index (Phi) is 2.68. The highest BCUT2D eigenvalue weighted by Crippen LogP contribution is 2.27. The number of hydrogen-bond acceptors (Lipinski definition) is 5. The van der Waals surface area contributed by atoms with Gasteiger partial charge in [-0.15, -0.1) is 0 Å². The monoisotopic (exact) mass is 296 g/mol. The van der Waals surface area contributed by atoms with Crippen LogP contribution in [0.2, 0.25) is 5.28 Å². The molecule has 0 spiro atoms. The molecule has 2 N–H and O–H groups in total. The quantitative estimate of drug-likeness (QED) is 0.555. The number of anilines is 2. The first kappa shape index (κ1) is 12.0. The van der Waals surface area contributed by atoms with Crippen LogP contribution in [-0.2, 0) is 0 Å². The fourth-order valence-corrected chi connectivity index (χ4v) is 2.42. The highest BCUT2D eigenvalue weighted by atomic mass is 35.5. The third-order valence-electron chi connectivity index (χ3n) is 3.19. The smallest absolute Gasteiger partial charge is 0.226 e. The molecule has 0 radical (unpaired) electrons. The maximum absolute atomic E-state index is 5.94. The Labute approximate surface area is 124 Å². The van der Waals surface area contributed by atoms with E-state index in [9.17, 15) is 0 Å². The lowest BCUT2D eigenvalue weighted by atomic mass is 10.1. The Hall–Kier alpha value is -2.73. The van der Waals surface area contributed by atoms with E-state index in [-0.39, 0.29) is 5.28 Å². The van der Waals surface area contributed by atoms with Crippen LogP contribution in [0, 0.1) is 0 Å². The third-order valence-corrected chi connectivity index (χ3v) is 3.36. The number of aromatic nitrogens is 5. The number of rotatable bonds is 2. The number of nitrogens with zero attached hydrogens (tertiary/aromatic N) is 4. The van der Waals surface area contributed by atoms with Crippen LogP contribution < -0.4 is 5.32 Å². The van der Waals surface area contributed by atoms with E-state index in [4.69, 9.17) is 11.6 Å². The van der Waals surface area contributed by atoms with Gasteiger partial charge in [-0.25, -0.2) is 4.98 Å². The van der Waals surface area contributed by atoms with Crippen LogP contribution in [0.4, 0.5) is 11.5 Å². The Morgan fingerprint density at radius 2 is 2.10 bits per heavy atom. The van der Waals surface area contributed by atoms with Crippen molar-refractivity contribution < 1.29 is 0 Å². The predicted octanol–water partition coefficient (Wildman–Crippen LogP) is 3.30. The molecule has 102 valence electrons. The summed E-state index contributed by atoms with van der Waals surface area (Å²) in [5.41, 5.74) is 2.16. The second kappa shape index (κ2) is 4.68. The number of halogens is 1. The van der Waals surface area contributed by atoms with Crippen molar-refractivity contribution in [3.63, 3.8) is 0 Å². The van der Waals surface area contributed by atoms with Gasteiger partial charge in [0, 0.05) is 28.9 Å². The van der Waals surface area contributed by atoms with Crippen molar-refractivity contribution in [3.05, 3.63) is 48.3 Å². The summed E-state index contributed by atoms with van der Waals surface area (Å²) in [5.74, 6) is 0.590. The molecule has 0 aliphatic carbocycles. The average molecular weight is 297 g/mol. The second-order valence-corrected chi connectivity index (χ2v) is 4.81. The van der Waals surface area contributed by atoms with Crippen molar-refractivity contribution >= 4 is 45.0 Å². The molecule has 4 aromatic rings. The molecule has 3 aromatic heterocycles. The molecule has 0 bridgehead atoms. The van der Waals surface area contributed by atoms with Crippen LogP contribution >= 0.6 is 11.6 Å². The summed E-state index contributed by atoms with van der Waals surface area (Å²) in [4.78, 5) is 19.5. The molecular weight excluding hydrogens is 288 g/mol. The van der Waals surface area contributed by atoms with E-state index in [0.717, 1.165) is 16.5 Å². The van der Waals surface area contributed by atoms with Crippen LogP contribution in [0.1, 0.15) is 0 Å². The molecule has 4 rings (SSSR count). The van der Waals surface area contributed by atoms with Crippen molar-refractivity contribution in [3.8, 4) is 0 Å². The topological polar surface area (TPSA) is 79.4 Å². The van der Waals surface area contributed by atoms with Crippen LogP contribution in [0.5, 0.6) is 0 Å².